The molecular weight excluding hydrogens is 568 g/mol. The molecule has 0 saturated carbocycles. The Labute approximate surface area is 206 Å². The lowest BCUT2D eigenvalue weighted by Crippen LogP contribution is -2.13. The van der Waals surface area contributed by atoms with Crippen LogP contribution in [0.4, 0.5) is 24.7 Å². The quantitative estimate of drug-likeness (QED) is 0.182. The topological polar surface area (TPSA) is 99.4 Å². The van der Waals surface area contributed by atoms with Crippen LogP contribution in [0.5, 0.6) is 11.5 Å². The van der Waals surface area contributed by atoms with Gasteiger partial charge in [0.2, 0.25) is 5.82 Å². The normalized spacial score (nSPS) is 12.2. The summed E-state index contributed by atoms with van der Waals surface area (Å²) in [6, 6.07) is 8.53. The van der Waals surface area contributed by atoms with Gasteiger partial charge in [-0.2, -0.15) is 13.2 Å². The van der Waals surface area contributed by atoms with Gasteiger partial charge in [0.15, 0.2) is 11.5 Å². The number of ether oxygens (including phenoxy) is 2. The molecule has 180 valence electrons. The van der Waals surface area contributed by atoms with Crippen LogP contribution in [0.25, 0.3) is 0 Å². The summed E-state index contributed by atoms with van der Waals surface area (Å²) < 4.78 is 49.8. The second kappa shape index (κ2) is 10.8. The Morgan fingerprint density at radius 1 is 1.15 bits per heavy atom. The third kappa shape index (κ3) is 6.24. The van der Waals surface area contributed by atoms with E-state index in [2.05, 4.69) is 15.3 Å². The van der Waals surface area contributed by atoms with E-state index in [1.807, 2.05) is 29.5 Å². The smallest absolute Gasteiger partial charge is 0.433 e. The highest BCUT2D eigenvalue weighted by Gasteiger charge is 2.32. The van der Waals surface area contributed by atoms with Gasteiger partial charge in [0.25, 0.3) is 0 Å². The molecule has 0 spiro atoms. The summed E-state index contributed by atoms with van der Waals surface area (Å²) in [6.45, 7) is 1.92. The van der Waals surface area contributed by atoms with Gasteiger partial charge >= 0.3 is 11.9 Å². The van der Waals surface area contributed by atoms with Gasteiger partial charge in [-0.25, -0.2) is 4.98 Å². The van der Waals surface area contributed by atoms with Crippen LogP contribution in [0.2, 0.25) is 0 Å². The fourth-order valence-corrected chi connectivity index (χ4v) is 3.56. The Morgan fingerprint density at radius 3 is 2.50 bits per heavy atom. The van der Waals surface area contributed by atoms with E-state index in [0.717, 1.165) is 17.8 Å². The van der Waals surface area contributed by atoms with Crippen LogP contribution in [0.3, 0.4) is 0 Å². The zero-order valence-electron chi connectivity index (χ0n) is 18.1. The highest BCUT2D eigenvalue weighted by molar-refractivity contribution is 14.1. The third-order valence-electron chi connectivity index (χ3n) is 4.85. The van der Waals surface area contributed by atoms with Gasteiger partial charge in [-0.3, -0.25) is 15.1 Å². The van der Waals surface area contributed by atoms with Crippen LogP contribution in [-0.2, 0) is 12.8 Å². The fourth-order valence-electron chi connectivity index (χ4n) is 3.12. The molecule has 2 aromatic heterocycles. The number of nitrogens with zero attached hydrogens (tertiary/aromatic N) is 3. The van der Waals surface area contributed by atoms with Gasteiger partial charge in [-0.05, 0) is 52.8 Å². The van der Waals surface area contributed by atoms with Gasteiger partial charge in [-0.15, -0.1) is 0 Å². The second-order valence-electron chi connectivity index (χ2n) is 7.13. The lowest BCUT2D eigenvalue weighted by molar-refractivity contribution is -0.384. The number of rotatable bonds is 9. The Balaban J connectivity index is 1.76. The number of nitro groups is 1. The molecule has 1 N–H and O–H groups in total. The predicted octanol–water partition coefficient (Wildman–Crippen LogP) is 6.16. The van der Waals surface area contributed by atoms with Crippen LogP contribution in [0, 0.1) is 13.7 Å². The summed E-state index contributed by atoms with van der Waals surface area (Å²) in [7, 11) is 1.46. The van der Waals surface area contributed by atoms with E-state index >= 15 is 0 Å². The maximum atomic E-state index is 12.7. The zero-order valence-corrected chi connectivity index (χ0v) is 20.3. The molecule has 12 heteroatoms. The van der Waals surface area contributed by atoms with Crippen molar-refractivity contribution in [2.45, 2.75) is 32.2 Å². The van der Waals surface area contributed by atoms with Crippen molar-refractivity contribution >= 4 is 34.1 Å². The van der Waals surface area contributed by atoms with E-state index in [9.17, 15) is 23.3 Å². The SMILES string of the molecule is CCC(Nc1ncc(I)cc1[N+](=O)[O-])c1ccc(OCc2ccc(C(F)(F)F)nc2)c(OC)c1. The molecule has 0 aliphatic heterocycles. The highest BCUT2D eigenvalue weighted by atomic mass is 127. The molecule has 3 aromatic rings. The number of halogens is 4. The van der Waals surface area contributed by atoms with Crippen molar-refractivity contribution in [2.75, 3.05) is 12.4 Å². The summed E-state index contributed by atoms with van der Waals surface area (Å²) in [5.74, 6) is 0.952. The van der Waals surface area contributed by atoms with E-state index in [1.165, 1.54) is 25.4 Å². The highest BCUT2D eigenvalue weighted by Crippen LogP contribution is 2.35. The van der Waals surface area contributed by atoms with Crippen molar-refractivity contribution in [1.82, 2.24) is 9.97 Å². The van der Waals surface area contributed by atoms with E-state index in [0.29, 0.717) is 27.1 Å². The number of aromatic nitrogens is 2. The minimum absolute atomic E-state index is 0.00490. The number of alkyl halides is 3. The Bertz CT molecular complexity index is 1160. The molecule has 0 amide bonds. The minimum Gasteiger partial charge on any atom is -0.493 e. The predicted molar refractivity (Wildman–Crippen MR) is 127 cm³/mol. The number of hydrogen-bond donors (Lipinski definition) is 1. The molecule has 0 aliphatic carbocycles. The first-order valence-corrected chi connectivity index (χ1v) is 11.1. The van der Waals surface area contributed by atoms with Crippen LogP contribution < -0.4 is 14.8 Å². The molecular formula is C22H20F3IN4O4. The molecule has 0 aliphatic rings. The summed E-state index contributed by atoms with van der Waals surface area (Å²) >= 11 is 1.96. The maximum Gasteiger partial charge on any atom is 0.433 e. The molecule has 1 atom stereocenters. The van der Waals surface area contributed by atoms with Gasteiger partial charge in [0.05, 0.1) is 18.1 Å². The van der Waals surface area contributed by atoms with Crippen LogP contribution in [0.1, 0.15) is 36.2 Å². The van der Waals surface area contributed by atoms with E-state index < -0.39 is 16.8 Å². The summed E-state index contributed by atoms with van der Waals surface area (Å²) in [6.07, 6.45) is -1.25. The molecule has 1 unspecified atom stereocenters. The Kier molecular flexibility index (Phi) is 8.12. The standard InChI is InChI=1S/C22H20F3IN4O4/c1-3-16(29-21-17(30(31)32)9-15(26)11-28-21)14-5-6-18(19(8-14)33-2)34-12-13-4-7-20(27-10-13)22(23,24)25/h4-11,16H,3,12H2,1-2H3,(H,28,29). The molecule has 2 heterocycles. The zero-order chi connectivity index (χ0) is 24.9. The summed E-state index contributed by atoms with van der Waals surface area (Å²) in [5.41, 5.74) is 0.156. The third-order valence-corrected chi connectivity index (χ3v) is 5.44. The van der Waals surface area contributed by atoms with Crippen molar-refractivity contribution in [1.29, 1.82) is 0 Å². The van der Waals surface area contributed by atoms with Gasteiger partial charge in [0.1, 0.15) is 12.3 Å². The molecule has 34 heavy (non-hydrogen) atoms. The molecule has 3 rings (SSSR count). The minimum atomic E-state index is -4.50. The van der Waals surface area contributed by atoms with Crippen molar-refractivity contribution in [3.63, 3.8) is 0 Å². The Morgan fingerprint density at radius 2 is 1.91 bits per heavy atom. The largest absolute Gasteiger partial charge is 0.493 e. The van der Waals surface area contributed by atoms with E-state index in [1.54, 1.807) is 18.2 Å². The van der Waals surface area contributed by atoms with Crippen LogP contribution in [0.15, 0.2) is 48.8 Å². The van der Waals surface area contributed by atoms with Crippen molar-refractivity contribution in [2.24, 2.45) is 0 Å². The van der Waals surface area contributed by atoms with E-state index in [-0.39, 0.29) is 24.2 Å². The second-order valence-corrected chi connectivity index (χ2v) is 8.38. The number of methoxy groups -OCH3 is 1. The van der Waals surface area contributed by atoms with Gasteiger partial charge in [-0.1, -0.05) is 19.1 Å². The molecule has 0 bridgehead atoms. The summed E-state index contributed by atoms with van der Waals surface area (Å²) in [4.78, 5) is 18.5. The van der Waals surface area contributed by atoms with Crippen molar-refractivity contribution < 1.29 is 27.6 Å². The number of anilines is 1. The van der Waals surface area contributed by atoms with Gasteiger partial charge in [0, 0.05) is 27.6 Å². The first-order chi connectivity index (χ1) is 16.1. The number of benzene rings is 1. The first-order valence-electron chi connectivity index (χ1n) is 10.0. The number of nitrogens with one attached hydrogen (secondary N) is 1. The number of pyridine rings is 2. The monoisotopic (exact) mass is 588 g/mol. The Hall–Kier alpha value is -3.16. The fraction of sp³-hybridized carbons (Fsp3) is 0.273. The maximum absolute atomic E-state index is 12.7. The molecule has 0 radical (unpaired) electrons. The lowest BCUT2D eigenvalue weighted by Gasteiger charge is -2.20. The van der Waals surface area contributed by atoms with Crippen molar-refractivity contribution in [3.8, 4) is 11.5 Å². The first kappa shape index (κ1) is 25.5. The average Bonchev–Trinajstić information content (AvgIpc) is 2.81. The molecule has 0 fully saturated rings. The average molecular weight is 588 g/mol. The van der Waals surface area contributed by atoms with Gasteiger partial charge < -0.3 is 14.8 Å². The molecule has 8 nitrogen and oxygen atoms in total. The van der Waals surface area contributed by atoms with E-state index in [4.69, 9.17) is 9.47 Å². The lowest BCUT2D eigenvalue weighted by atomic mass is 10.0. The molecule has 0 saturated heterocycles. The molecule has 1 aromatic carbocycles. The summed E-state index contributed by atoms with van der Waals surface area (Å²) in [5, 5.41) is 14.5. The number of hydrogen-bond acceptors (Lipinski definition) is 7. The van der Waals surface area contributed by atoms with Crippen LogP contribution in [-0.4, -0.2) is 22.0 Å². The van der Waals surface area contributed by atoms with Crippen LogP contribution >= 0.6 is 22.6 Å². The van der Waals surface area contributed by atoms with Crippen molar-refractivity contribution in [3.05, 3.63) is 79.3 Å².